The van der Waals surface area contributed by atoms with Crippen LogP contribution in [0.4, 0.5) is 11.9 Å². The zero-order valence-corrected chi connectivity index (χ0v) is 10.2. The maximum atomic E-state index is 5.01. The number of ether oxygens (including phenoxy) is 1. The molecule has 6 nitrogen and oxygen atoms in total. The van der Waals surface area contributed by atoms with Crippen molar-refractivity contribution in [1.82, 2.24) is 15.0 Å². The molecule has 0 radical (unpaired) electrons. The van der Waals surface area contributed by atoms with E-state index in [4.69, 9.17) is 4.74 Å². The zero-order valence-electron chi connectivity index (χ0n) is 10.2. The molecule has 0 saturated carbocycles. The first-order valence-electron chi connectivity index (χ1n) is 5.50. The molecule has 1 heterocycles. The van der Waals surface area contributed by atoms with Gasteiger partial charge in [-0.3, -0.25) is 0 Å². The number of hydrogen-bond donors (Lipinski definition) is 2. The fourth-order valence-corrected chi connectivity index (χ4v) is 1.07. The normalized spacial score (nSPS) is 12.0. The van der Waals surface area contributed by atoms with Crippen molar-refractivity contribution in [1.29, 1.82) is 0 Å². The third-order valence-corrected chi connectivity index (χ3v) is 2.12. The van der Waals surface area contributed by atoms with E-state index in [-0.39, 0.29) is 0 Å². The second-order valence-corrected chi connectivity index (χ2v) is 3.45. The van der Waals surface area contributed by atoms with Crippen LogP contribution in [-0.4, -0.2) is 34.6 Å². The summed E-state index contributed by atoms with van der Waals surface area (Å²) < 4.78 is 5.01. The third-order valence-electron chi connectivity index (χ3n) is 2.12. The molecule has 1 atom stereocenters. The predicted octanol–water partition coefficient (Wildman–Crippen LogP) is 1.52. The molecule has 0 aliphatic carbocycles. The van der Waals surface area contributed by atoms with Crippen molar-refractivity contribution in [2.24, 2.45) is 0 Å². The number of nitrogens with one attached hydrogen (secondary N) is 2. The van der Waals surface area contributed by atoms with Gasteiger partial charge in [-0.1, -0.05) is 6.92 Å². The van der Waals surface area contributed by atoms with Crippen molar-refractivity contribution in [3.05, 3.63) is 0 Å². The minimum atomic E-state index is 0.316. The van der Waals surface area contributed by atoms with Crippen molar-refractivity contribution < 1.29 is 4.74 Å². The summed E-state index contributed by atoms with van der Waals surface area (Å²) in [5.41, 5.74) is 0. The van der Waals surface area contributed by atoms with Gasteiger partial charge in [0.2, 0.25) is 11.9 Å². The lowest BCUT2D eigenvalue weighted by Gasteiger charge is -2.12. The highest BCUT2D eigenvalue weighted by Crippen LogP contribution is 2.11. The molecule has 0 saturated heterocycles. The quantitative estimate of drug-likeness (QED) is 0.765. The third kappa shape index (κ3) is 3.52. The summed E-state index contributed by atoms with van der Waals surface area (Å²) in [5.74, 6) is 1.07. The summed E-state index contributed by atoms with van der Waals surface area (Å²) in [7, 11) is 1.54. The van der Waals surface area contributed by atoms with Gasteiger partial charge in [-0.2, -0.15) is 15.0 Å². The van der Waals surface area contributed by atoms with Gasteiger partial charge >= 0.3 is 6.01 Å². The van der Waals surface area contributed by atoms with Crippen molar-refractivity contribution in [2.75, 3.05) is 24.3 Å². The molecule has 0 aliphatic rings. The van der Waals surface area contributed by atoms with Crippen molar-refractivity contribution in [3.63, 3.8) is 0 Å². The van der Waals surface area contributed by atoms with Crippen LogP contribution < -0.4 is 15.4 Å². The highest BCUT2D eigenvalue weighted by atomic mass is 16.5. The molecule has 1 rings (SSSR count). The molecule has 1 unspecified atom stereocenters. The maximum absolute atomic E-state index is 5.01. The average Bonchev–Trinajstić information content (AvgIpc) is 2.29. The van der Waals surface area contributed by atoms with Gasteiger partial charge in [0.25, 0.3) is 0 Å². The molecule has 90 valence electrons. The summed E-state index contributed by atoms with van der Waals surface area (Å²) in [6.45, 7) is 6.92. The topological polar surface area (TPSA) is 72.0 Å². The number of aromatic nitrogens is 3. The van der Waals surface area contributed by atoms with Gasteiger partial charge < -0.3 is 15.4 Å². The van der Waals surface area contributed by atoms with Crippen LogP contribution in [-0.2, 0) is 0 Å². The first kappa shape index (κ1) is 12.5. The van der Waals surface area contributed by atoms with E-state index < -0.39 is 0 Å². The van der Waals surface area contributed by atoms with Gasteiger partial charge in [0.05, 0.1) is 7.11 Å². The molecule has 0 fully saturated rings. The van der Waals surface area contributed by atoms with Crippen molar-refractivity contribution in [3.8, 4) is 6.01 Å². The molecule has 0 spiro atoms. The molecular formula is C10H19N5O. The lowest BCUT2D eigenvalue weighted by molar-refractivity contribution is 0.379. The van der Waals surface area contributed by atoms with E-state index in [0.717, 1.165) is 13.0 Å². The molecule has 1 aromatic heterocycles. The SMILES string of the molecule is CCNc1nc(NC(C)CC)nc(OC)n1. The first-order valence-corrected chi connectivity index (χ1v) is 5.50. The van der Waals surface area contributed by atoms with E-state index in [9.17, 15) is 0 Å². The molecule has 2 N–H and O–H groups in total. The van der Waals surface area contributed by atoms with Gasteiger partial charge in [0, 0.05) is 12.6 Å². The fourth-order valence-electron chi connectivity index (χ4n) is 1.07. The lowest BCUT2D eigenvalue weighted by atomic mass is 10.3. The molecule has 0 amide bonds. The highest BCUT2D eigenvalue weighted by Gasteiger charge is 2.07. The second kappa shape index (κ2) is 6.09. The summed E-state index contributed by atoms with van der Waals surface area (Å²) in [5, 5.41) is 6.21. The van der Waals surface area contributed by atoms with E-state index in [1.54, 1.807) is 0 Å². The largest absolute Gasteiger partial charge is 0.467 e. The van der Waals surface area contributed by atoms with Gasteiger partial charge in [-0.05, 0) is 20.3 Å². The predicted molar refractivity (Wildman–Crippen MR) is 63.9 cm³/mol. The molecule has 0 bridgehead atoms. The Morgan fingerprint density at radius 2 is 1.88 bits per heavy atom. The average molecular weight is 225 g/mol. The van der Waals surface area contributed by atoms with Gasteiger partial charge in [-0.25, -0.2) is 0 Å². The Labute approximate surface area is 95.9 Å². The molecule has 1 aromatic rings. The number of methoxy groups -OCH3 is 1. The molecule has 6 heteroatoms. The zero-order chi connectivity index (χ0) is 12.0. The summed E-state index contributed by atoms with van der Waals surface area (Å²) in [6.07, 6.45) is 1.00. The van der Waals surface area contributed by atoms with Crippen LogP contribution in [0.25, 0.3) is 0 Å². The Morgan fingerprint density at radius 3 is 2.44 bits per heavy atom. The lowest BCUT2D eigenvalue weighted by Crippen LogP contribution is -2.17. The minimum Gasteiger partial charge on any atom is -0.467 e. The Morgan fingerprint density at radius 1 is 1.19 bits per heavy atom. The van der Waals surface area contributed by atoms with Crippen LogP contribution >= 0.6 is 0 Å². The van der Waals surface area contributed by atoms with Crippen LogP contribution in [0.5, 0.6) is 6.01 Å². The summed E-state index contributed by atoms with van der Waals surface area (Å²) >= 11 is 0. The Bertz CT molecular complexity index is 331. The monoisotopic (exact) mass is 225 g/mol. The van der Waals surface area contributed by atoms with Crippen molar-refractivity contribution >= 4 is 11.9 Å². The fraction of sp³-hybridized carbons (Fsp3) is 0.700. The Kier molecular flexibility index (Phi) is 4.75. The first-order chi connectivity index (χ1) is 7.69. The van der Waals surface area contributed by atoms with Gasteiger partial charge in [0.1, 0.15) is 0 Å². The summed E-state index contributed by atoms with van der Waals surface area (Å²) in [4.78, 5) is 12.4. The maximum Gasteiger partial charge on any atom is 0.322 e. The standard InChI is InChI=1S/C10H19N5O/c1-5-7(3)12-9-13-8(11-6-2)14-10(15-9)16-4/h7H,5-6H2,1-4H3,(H2,11,12,13,14,15). The molecular weight excluding hydrogens is 206 g/mol. The van der Waals surface area contributed by atoms with E-state index >= 15 is 0 Å². The number of rotatable bonds is 6. The molecule has 0 aliphatic heterocycles. The minimum absolute atomic E-state index is 0.316. The number of nitrogens with zero attached hydrogens (tertiary/aromatic N) is 3. The van der Waals surface area contributed by atoms with Crippen molar-refractivity contribution in [2.45, 2.75) is 33.2 Å². The van der Waals surface area contributed by atoms with E-state index in [1.165, 1.54) is 7.11 Å². The van der Waals surface area contributed by atoms with E-state index in [0.29, 0.717) is 23.9 Å². The Balaban J connectivity index is 2.85. The summed E-state index contributed by atoms with van der Waals surface area (Å²) in [6, 6.07) is 0.637. The van der Waals surface area contributed by atoms with Crippen LogP contribution in [0, 0.1) is 0 Å². The number of hydrogen-bond acceptors (Lipinski definition) is 6. The van der Waals surface area contributed by atoms with E-state index in [1.807, 2.05) is 6.92 Å². The van der Waals surface area contributed by atoms with Gasteiger partial charge in [-0.15, -0.1) is 0 Å². The van der Waals surface area contributed by atoms with Crippen LogP contribution in [0.15, 0.2) is 0 Å². The van der Waals surface area contributed by atoms with Crippen LogP contribution in [0.3, 0.4) is 0 Å². The molecule has 16 heavy (non-hydrogen) atoms. The van der Waals surface area contributed by atoms with Gasteiger partial charge in [0.15, 0.2) is 0 Å². The Hall–Kier alpha value is -1.59. The van der Waals surface area contributed by atoms with E-state index in [2.05, 4.69) is 39.4 Å². The highest BCUT2D eigenvalue weighted by molar-refractivity contribution is 5.36. The second-order valence-electron chi connectivity index (χ2n) is 3.45. The van der Waals surface area contributed by atoms with Crippen LogP contribution in [0.2, 0.25) is 0 Å². The van der Waals surface area contributed by atoms with Crippen LogP contribution in [0.1, 0.15) is 27.2 Å². The molecule has 0 aromatic carbocycles. The smallest absolute Gasteiger partial charge is 0.322 e. The number of anilines is 2.